The summed E-state index contributed by atoms with van der Waals surface area (Å²) in [5.41, 5.74) is 5.48. The van der Waals surface area contributed by atoms with E-state index in [-0.39, 0.29) is 5.91 Å². The third-order valence-electron chi connectivity index (χ3n) is 5.29. The molecule has 0 spiro atoms. The minimum atomic E-state index is -0.202. The fourth-order valence-electron chi connectivity index (χ4n) is 3.62. The van der Waals surface area contributed by atoms with Crippen LogP contribution in [0.15, 0.2) is 121 Å². The second kappa shape index (κ2) is 8.74. The highest BCUT2D eigenvalue weighted by molar-refractivity contribution is 6.04. The van der Waals surface area contributed by atoms with Crippen LogP contribution in [-0.2, 0) is 0 Å². The molecule has 0 saturated carbocycles. The van der Waals surface area contributed by atoms with Gasteiger partial charge in [0.05, 0.1) is 5.69 Å². The van der Waals surface area contributed by atoms with Crippen LogP contribution in [0.3, 0.4) is 0 Å². The third kappa shape index (κ3) is 4.07. The van der Waals surface area contributed by atoms with Crippen molar-refractivity contribution in [3.8, 4) is 28.1 Å². The van der Waals surface area contributed by atoms with Crippen LogP contribution in [0.25, 0.3) is 28.1 Å². The molecule has 5 aromatic rings. The molecule has 0 aliphatic heterocycles. The molecule has 0 unspecified atom stereocenters. The quantitative estimate of drug-likeness (QED) is 0.358. The maximum absolute atomic E-state index is 13.0. The molecular weight excluding hydrogens is 394 g/mol. The van der Waals surface area contributed by atoms with Gasteiger partial charge in [0.25, 0.3) is 5.91 Å². The van der Waals surface area contributed by atoms with E-state index in [0.29, 0.717) is 11.5 Å². The zero-order valence-electron chi connectivity index (χ0n) is 17.3. The van der Waals surface area contributed by atoms with Crippen LogP contribution in [0, 0.1) is 0 Å². The van der Waals surface area contributed by atoms with Crippen LogP contribution < -0.4 is 5.32 Å². The molecule has 32 heavy (non-hydrogen) atoms. The van der Waals surface area contributed by atoms with Gasteiger partial charge in [-0.15, -0.1) is 0 Å². The number of amides is 1. The molecule has 5 rings (SSSR count). The van der Waals surface area contributed by atoms with E-state index < -0.39 is 0 Å². The molecule has 4 heteroatoms. The first kappa shape index (κ1) is 19.5. The topological polar surface area (TPSA) is 46.9 Å². The number of hydrogen-bond donors (Lipinski definition) is 1. The first-order valence-corrected chi connectivity index (χ1v) is 10.4. The zero-order chi connectivity index (χ0) is 21.8. The minimum absolute atomic E-state index is 0.202. The summed E-state index contributed by atoms with van der Waals surface area (Å²) >= 11 is 0. The fraction of sp³-hybridized carbons (Fsp3) is 0. The molecule has 1 aromatic heterocycles. The van der Waals surface area contributed by atoms with Gasteiger partial charge in [-0.3, -0.25) is 14.7 Å². The Bertz CT molecular complexity index is 1330. The second-order valence-corrected chi connectivity index (χ2v) is 7.42. The lowest BCUT2D eigenvalue weighted by atomic mass is 10.0. The van der Waals surface area contributed by atoms with Crippen LogP contribution in [0.4, 0.5) is 5.95 Å². The van der Waals surface area contributed by atoms with Gasteiger partial charge in [0.15, 0.2) is 0 Å². The maximum atomic E-state index is 13.0. The van der Waals surface area contributed by atoms with E-state index in [2.05, 4.69) is 17.4 Å². The molecule has 0 radical (unpaired) electrons. The maximum Gasteiger partial charge on any atom is 0.257 e. The van der Waals surface area contributed by atoms with Crippen LogP contribution in [0.1, 0.15) is 10.4 Å². The van der Waals surface area contributed by atoms with Crippen molar-refractivity contribution < 1.29 is 4.79 Å². The predicted octanol–water partition coefficient (Wildman–Crippen LogP) is 6.46. The second-order valence-electron chi connectivity index (χ2n) is 7.42. The van der Waals surface area contributed by atoms with Crippen molar-refractivity contribution in [1.82, 2.24) is 9.55 Å². The Kier molecular flexibility index (Phi) is 5.33. The van der Waals surface area contributed by atoms with E-state index in [1.807, 2.05) is 114 Å². The van der Waals surface area contributed by atoms with Crippen molar-refractivity contribution >= 4 is 11.9 Å². The van der Waals surface area contributed by atoms with E-state index >= 15 is 0 Å². The number of aromatic nitrogens is 2. The van der Waals surface area contributed by atoms with Crippen molar-refractivity contribution in [3.05, 3.63) is 127 Å². The summed E-state index contributed by atoms with van der Waals surface area (Å²) in [4.78, 5) is 17.7. The number of rotatable bonds is 5. The monoisotopic (exact) mass is 415 g/mol. The number of benzene rings is 4. The molecule has 1 heterocycles. The minimum Gasteiger partial charge on any atom is -0.292 e. The number of para-hydroxylation sites is 1. The molecule has 0 bridgehead atoms. The normalized spacial score (nSPS) is 10.6. The summed E-state index contributed by atoms with van der Waals surface area (Å²) in [6.45, 7) is 0. The third-order valence-corrected chi connectivity index (χ3v) is 5.29. The first-order valence-electron chi connectivity index (χ1n) is 10.4. The van der Waals surface area contributed by atoms with E-state index in [1.54, 1.807) is 0 Å². The lowest BCUT2D eigenvalue weighted by Gasteiger charge is -2.09. The summed E-state index contributed by atoms with van der Waals surface area (Å²) in [6.07, 6.45) is 1.94. The average molecular weight is 415 g/mol. The van der Waals surface area contributed by atoms with Crippen LogP contribution >= 0.6 is 0 Å². The van der Waals surface area contributed by atoms with Crippen molar-refractivity contribution in [2.24, 2.45) is 0 Å². The molecule has 1 N–H and O–H groups in total. The van der Waals surface area contributed by atoms with Gasteiger partial charge in [0.2, 0.25) is 5.95 Å². The van der Waals surface area contributed by atoms with E-state index in [0.717, 1.165) is 28.1 Å². The molecule has 0 fully saturated rings. The van der Waals surface area contributed by atoms with Gasteiger partial charge in [-0.1, -0.05) is 91.0 Å². The SMILES string of the molecule is O=C(Nc1nc(-c2ccccc2)cn1-c1ccccc1)c1ccc(-c2ccccc2)cc1. The van der Waals surface area contributed by atoms with Gasteiger partial charge < -0.3 is 0 Å². The highest BCUT2D eigenvalue weighted by atomic mass is 16.1. The van der Waals surface area contributed by atoms with Crippen molar-refractivity contribution in [2.45, 2.75) is 0 Å². The van der Waals surface area contributed by atoms with Gasteiger partial charge in [-0.2, -0.15) is 0 Å². The smallest absolute Gasteiger partial charge is 0.257 e. The number of imidazole rings is 1. The summed E-state index contributed by atoms with van der Waals surface area (Å²) in [5.74, 6) is 0.277. The number of hydrogen-bond acceptors (Lipinski definition) is 2. The summed E-state index contributed by atoms with van der Waals surface area (Å²) in [5, 5.41) is 2.99. The highest BCUT2D eigenvalue weighted by Gasteiger charge is 2.15. The Morgan fingerprint density at radius 2 is 1.16 bits per heavy atom. The van der Waals surface area contributed by atoms with E-state index in [9.17, 15) is 4.79 Å². The van der Waals surface area contributed by atoms with Gasteiger partial charge >= 0.3 is 0 Å². The van der Waals surface area contributed by atoms with Gasteiger partial charge in [0, 0.05) is 23.0 Å². The van der Waals surface area contributed by atoms with E-state index in [1.165, 1.54) is 0 Å². The summed E-state index contributed by atoms with van der Waals surface area (Å²) in [7, 11) is 0. The standard InChI is InChI=1S/C28H21N3O/c32-27(24-18-16-22(17-19-24)21-10-4-1-5-11-21)30-28-29-26(23-12-6-2-7-13-23)20-31(28)25-14-8-3-9-15-25/h1-20H,(H,29,30,32). The van der Waals surface area contributed by atoms with Crippen molar-refractivity contribution in [1.29, 1.82) is 0 Å². The molecule has 1 amide bonds. The lowest BCUT2D eigenvalue weighted by Crippen LogP contribution is -2.15. The fourth-order valence-corrected chi connectivity index (χ4v) is 3.62. The number of carbonyl (C=O) groups excluding carboxylic acids is 1. The summed E-state index contributed by atoms with van der Waals surface area (Å²) in [6, 6.07) is 37.5. The largest absolute Gasteiger partial charge is 0.292 e. The first-order chi connectivity index (χ1) is 15.8. The van der Waals surface area contributed by atoms with Gasteiger partial charge in [0.1, 0.15) is 0 Å². The molecular formula is C28H21N3O. The predicted molar refractivity (Wildman–Crippen MR) is 129 cm³/mol. The van der Waals surface area contributed by atoms with Gasteiger partial charge in [-0.25, -0.2) is 4.98 Å². The van der Waals surface area contributed by atoms with Crippen molar-refractivity contribution in [3.63, 3.8) is 0 Å². The van der Waals surface area contributed by atoms with Crippen LogP contribution in [0.2, 0.25) is 0 Å². The molecule has 0 aliphatic rings. The molecule has 0 saturated heterocycles. The van der Waals surface area contributed by atoms with Crippen LogP contribution in [-0.4, -0.2) is 15.5 Å². The highest BCUT2D eigenvalue weighted by Crippen LogP contribution is 2.25. The average Bonchev–Trinajstić information content (AvgIpc) is 3.29. The van der Waals surface area contributed by atoms with Crippen LogP contribution in [0.5, 0.6) is 0 Å². The Morgan fingerprint density at radius 1 is 0.625 bits per heavy atom. The Labute approximate surface area is 186 Å². The zero-order valence-corrected chi connectivity index (χ0v) is 17.3. The molecule has 0 atom stereocenters. The van der Waals surface area contributed by atoms with Gasteiger partial charge in [-0.05, 0) is 35.4 Å². The lowest BCUT2D eigenvalue weighted by molar-refractivity contribution is 0.102. The Balaban J connectivity index is 1.45. The molecule has 154 valence electrons. The number of carbonyl (C=O) groups is 1. The molecule has 4 aromatic carbocycles. The molecule has 4 nitrogen and oxygen atoms in total. The number of nitrogens with zero attached hydrogens (tertiary/aromatic N) is 2. The Morgan fingerprint density at radius 3 is 1.78 bits per heavy atom. The van der Waals surface area contributed by atoms with Crippen molar-refractivity contribution in [2.75, 3.05) is 5.32 Å². The summed E-state index contributed by atoms with van der Waals surface area (Å²) < 4.78 is 1.90. The number of anilines is 1. The molecule has 0 aliphatic carbocycles. The van der Waals surface area contributed by atoms with E-state index in [4.69, 9.17) is 4.98 Å². The Hall–Kier alpha value is -4.44. The number of nitrogens with one attached hydrogen (secondary N) is 1.